The maximum absolute atomic E-state index is 12.6. The molecule has 5 heteroatoms. The van der Waals surface area contributed by atoms with Gasteiger partial charge in [-0.25, -0.2) is 4.98 Å². The van der Waals surface area contributed by atoms with Crippen LogP contribution < -0.4 is 5.32 Å². The van der Waals surface area contributed by atoms with Gasteiger partial charge >= 0.3 is 0 Å². The highest BCUT2D eigenvalue weighted by Gasteiger charge is 2.13. The van der Waals surface area contributed by atoms with Gasteiger partial charge in [0.1, 0.15) is 0 Å². The summed E-state index contributed by atoms with van der Waals surface area (Å²) in [6.45, 7) is 2.01. The van der Waals surface area contributed by atoms with E-state index >= 15 is 0 Å². The molecule has 4 rings (SSSR count). The van der Waals surface area contributed by atoms with Crippen LogP contribution in [-0.4, -0.2) is 10.9 Å². The van der Waals surface area contributed by atoms with E-state index in [9.17, 15) is 4.79 Å². The fourth-order valence-electron chi connectivity index (χ4n) is 2.94. The van der Waals surface area contributed by atoms with E-state index in [-0.39, 0.29) is 5.91 Å². The van der Waals surface area contributed by atoms with Gasteiger partial charge in [0.2, 0.25) is 0 Å². The zero-order valence-corrected chi connectivity index (χ0v) is 17.5. The highest BCUT2D eigenvalue weighted by atomic mass is 79.9. The predicted molar refractivity (Wildman–Crippen MR) is 120 cm³/mol. The van der Waals surface area contributed by atoms with Crippen LogP contribution in [-0.2, 0) is 0 Å². The van der Waals surface area contributed by atoms with Gasteiger partial charge < -0.3 is 0 Å². The number of aryl methyl sites for hydroxylation is 1. The zero-order chi connectivity index (χ0) is 19.5. The van der Waals surface area contributed by atoms with E-state index in [2.05, 4.69) is 38.4 Å². The SMILES string of the molecule is Cc1sc(NC(=O)c2ccc(-c3ccccc3)cc2)nc1-c1ccc(Br)cc1. The molecule has 138 valence electrons. The van der Waals surface area contributed by atoms with Crippen LogP contribution in [0.15, 0.2) is 83.3 Å². The van der Waals surface area contributed by atoms with Crippen molar-refractivity contribution >= 4 is 38.3 Å². The molecule has 0 aliphatic rings. The number of anilines is 1. The molecule has 1 heterocycles. The quantitative estimate of drug-likeness (QED) is 0.372. The second-order valence-corrected chi connectivity index (χ2v) is 8.45. The van der Waals surface area contributed by atoms with E-state index in [1.807, 2.05) is 73.7 Å². The lowest BCUT2D eigenvalue weighted by atomic mass is 10.0. The molecule has 1 N–H and O–H groups in total. The van der Waals surface area contributed by atoms with Crippen LogP contribution in [0.3, 0.4) is 0 Å². The summed E-state index contributed by atoms with van der Waals surface area (Å²) < 4.78 is 1.02. The van der Waals surface area contributed by atoms with Crippen molar-refractivity contribution in [2.45, 2.75) is 6.92 Å². The molecule has 1 aromatic heterocycles. The Bertz CT molecular complexity index is 1100. The molecule has 0 radical (unpaired) electrons. The fraction of sp³-hybridized carbons (Fsp3) is 0.0435. The Balaban J connectivity index is 1.51. The first-order chi connectivity index (χ1) is 13.6. The molecule has 4 aromatic rings. The third-order valence-electron chi connectivity index (χ3n) is 4.39. The summed E-state index contributed by atoms with van der Waals surface area (Å²) >= 11 is 4.93. The summed E-state index contributed by atoms with van der Waals surface area (Å²) in [4.78, 5) is 18.3. The van der Waals surface area contributed by atoms with Crippen LogP contribution >= 0.6 is 27.3 Å². The summed E-state index contributed by atoms with van der Waals surface area (Å²) in [7, 11) is 0. The highest BCUT2D eigenvalue weighted by molar-refractivity contribution is 9.10. The summed E-state index contributed by atoms with van der Waals surface area (Å²) in [5.41, 5.74) is 4.75. The third kappa shape index (κ3) is 4.06. The smallest absolute Gasteiger partial charge is 0.257 e. The van der Waals surface area contributed by atoms with Gasteiger partial charge in [-0.3, -0.25) is 10.1 Å². The number of nitrogens with zero attached hydrogens (tertiary/aromatic N) is 1. The molecule has 3 nitrogen and oxygen atoms in total. The van der Waals surface area contributed by atoms with E-state index in [1.165, 1.54) is 11.3 Å². The number of nitrogens with one attached hydrogen (secondary N) is 1. The predicted octanol–water partition coefficient (Wildman–Crippen LogP) is 6.80. The number of aromatic nitrogens is 1. The number of carbonyl (C=O) groups is 1. The molecule has 0 atom stereocenters. The second kappa shape index (κ2) is 8.09. The number of halogens is 1. The number of amides is 1. The topological polar surface area (TPSA) is 42.0 Å². The largest absolute Gasteiger partial charge is 0.298 e. The molecule has 0 bridgehead atoms. The number of rotatable bonds is 4. The van der Waals surface area contributed by atoms with E-state index in [0.29, 0.717) is 10.7 Å². The molecule has 28 heavy (non-hydrogen) atoms. The molecular weight excluding hydrogens is 432 g/mol. The normalized spacial score (nSPS) is 10.6. The van der Waals surface area contributed by atoms with Gasteiger partial charge in [0.05, 0.1) is 5.69 Å². The first-order valence-corrected chi connectivity index (χ1v) is 10.4. The number of benzene rings is 3. The molecule has 0 aliphatic heterocycles. The lowest BCUT2D eigenvalue weighted by molar-refractivity contribution is 0.102. The standard InChI is InChI=1S/C23H17BrN2OS/c1-15-21(18-11-13-20(24)14-12-18)25-23(28-15)26-22(27)19-9-7-17(8-10-19)16-5-3-2-4-6-16/h2-14H,1H3,(H,25,26,27). The van der Waals surface area contributed by atoms with Crippen LogP contribution in [0, 0.1) is 6.92 Å². The lowest BCUT2D eigenvalue weighted by Crippen LogP contribution is -2.11. The summed E-state index contributed by atoms with van der Waals surface area (Å²) in [5, 5.41) is 3.52. The van der Waals surface area contributed by atoms with Crippen molar-refractivity contribution in [2.24, 2.45) is 0 Å². The Morgan fingerprint density at radius 3 is 2.14 bits per heavy atom. The molecular formula is C23H17BrN2OS. The molecule has 0 spiro atoms. The van der Waals surface area contributed by atoms with Crippen LogP contribution in [0.5, 0.6) is 0 Å². The second-order valence-electron chi connectivity index (χ2n) is 6.33. The van der Waals surface area contributed by atoms with Gasteiger partial charge in [0, 0.05) is 20.5 Å². The van der Waals surface area contributed by atoms with Crippen LogP contribution in [0.25, 0.3) is 22.4 Å². The summed E-state index contributed by atoms with van der Waals surface area (Å²) in [6.07, 6.45) is 0. The van der Waals surface area contributed by atoms with Crippen LogP contribution in [0.2, 0.25) is 0 Å². The Morgan fingerprint density at radius 1 is 0.857 bits per heavy atom. The van der Waals surface area contributed by atoms with Crippen molar-refractivity contribution in [3.05, 3.63) is 93.8 Å². The van der Waals surface area contributed by atoms with Gasteiger partial charge in [-0.15, -0.1) is 11.3 Å². The fourth-order valence-corrected chi connectivity index (χ4v) is 4.03. The molecule has 0 aliphatic carbocycles. The number of hydrogen-bond donors (Lipinski definition) is 1. The van der Waals surface area contributed by atoms with E-state index in [1.54, 1.807) is 0 Å². The minimum Gasteiger partial charge on any atom is -0.298 e. The van der Waals surface area contributed by atoms with Gasteiger partial charge in [-0.1, -0.05) is 70.5 Å². The Kier molecular flexibility index (Phi) is 5.37. The maximum atomic E-state index is 12.6. The van der Waals surface area contributed by atoms with Crippen molar-refractivity contribution in [1.82, 2.24) is 4.98 Å². The zero-order valence-electron chi connectivity index (χ0n) is 15.1. The minimum atomic E-state index is -0.157. The van der Waals surface area contributed by atoms with Gasteiger partial charge in [-0.05, 0) is 42.3 Å². The molecule has 0 saturated heterocycles. The van der Waals surface area contributed by atoms with E-state index < -0.39 is 0 Å². The molecule has 0 unspecified atom stereocenters. The van der Waals surface area contributed by atoms with Gasteiger partial charge in [0.15, 0.2) is 5.13 Å². The Hall–Kier alpha value is -2.76. The monoisotopic (exact) mass is 448 g/mol. The average Bonchev–Trinajstić information content (AvgIpc) is 3.09. The Morgan fingerprint density at radius 2 is 1.46 bits per heavy atom. The Labute approximate surface area is 176 Å². The maximum Gasteiger partial charge on any atom is 0.257 e. The van der Waals surface area contributed by atoms with Crippen molar-refractivity contribution < 1.29 is 4.79 Å². The number of carbonyl (C=O) groups excluding carboxylic acids is 1. The third-order valence-corrected chi connectivity index (χ3v) is 5.80. The molecule has 1 amide bonds. The summed E-state index contributed by atoms with van der Waals surface area (Å²) in [5.74, 6) is -0.157. The van der Waals surface area contributed by atoms with Crippen molar-refractivity contribution in [2.75, 3.05) is 5.32 Å². The van der Waals surface area contributed by atoms with Gasteiger partial charge in [0.25, 0.3) is 5.91 Å². The lowest BCUT2D eigenvalue weighted by Gasteiger charge is -2.04. The summed E-state index contributed by atoms with van der Waals surface area (Å²) in [6, 6.07) is 25.7. The van der Waals surface area contributed by atoms with Crippen molar-refractivity contribution in [3.63, 3.8) is 0 Å². The van der Waals surface area contributed by atoms with E-state index in [4.69, 9.17) is 0 Å². The van der Waals surface area contributed by atoms with Crippen molar-refractivity contribution in [3.8, 4) is 22.4 Å². The first-order valence-electron chi connectivity index (χ1n) is 8.80. The van der Waals surface area contributed by atoms with Crippen molar-refractivity contribution in [1.29, 1.82) is 0 Å². The first kappa shape index (κ1) is 18.6. The minimum absolute atomic E-state index is 0.157. The molecule has 0 fully saturated rings. The highest BCUT2D eigenvalue weighted by Crippen LogP contribution is 2.31. The molecule has 0 saturated carbocycles. The van der Waals surface area contributed by atoms with Gasteiger partial charge in [-0.2, -0.15) is 0 Å². The number of hydrogen-bond acceptors (Lipinski definition) is 3. The van der Waals surface area contributed by atoms with Crippen LogP contribution in [0.4, 0.5) is 5.13 Å². The number of thiazole rings is 1. The van der Waals surface area contributed by atoms with E-state index in [0.717, 1.165) is 31.7 Å². The average molecular weight is 449 g/mol. The van der Waals surface area contributed by atoms with Crippen LogP contribution in [0.1, 0.15) is 15.2 Å². The molecule has 3 aromatic carbocycles.